The average Bonchev–Trinajstić information content (AvgIpc) is 2.54. The van der Waals surface area contributed by atoms with Crippen LogP contribution in [0.3, 0.4) is 0 Å². The molecule has 0 heterocycles. The molecule has 1 aromatic carbocycles. The molecule has 0 aromatic heterocycles. The molecule has 0 unspecified atom stereocenters. The summed E-state index contributed by atoms with van der Waals surface area (Å²) in [7, 11) is 0. The van der Waals surface area contributed by atoms with E-state index in [9.17, 15) is 9.59 Å². The van der Waals surface area contributed by atoms with E-state index in [0.29, 0.717) is 12.8 Å². The zero-order valence-electron chi connectivity index (χ0n) is 14.0. The predicted octanol–water partition coefficient (Wildman–Crippen LogP) is 3.86. The maximum atomic E-state index is 12.6. The summed E-state index contributed by atoms with van der Waals surface area (Å²) in [6.07, 6.45) is 5.70. The number of rotatable bonds is 5. The fraction of sp³-hybridized carbons (Fsp3) is 0.474. The van der Waals surface area contributed by atoms with Crippen LogP contribution in [-0.2, 0) is 14.3 Å². The molecule has 1 aliphatic carbocycles. The summed E-state index contributed by atoms with van der Waals surface area (Å²) in [5.41, 5.74) is 1.85. The Hall–Kier alpha value is -2.10. The van der Waals surface area contributed by atoms with Crippen LogP contribution >= 0.6 is 0 Å². The number of carbonyl (C=O) groups excluding carboxylic acids is 2. The van der Waals surface area contributed by atoms with Gasteiger partial charge in [-0.1, -0.05) is 31.2 Å². The minimum absolute atomic E-state index is 0.117. The molecule has 0 fully saturated rings. The third kappa shape index (κ3) is 4.68. The van der Waals surface area contributed by atoms with Crippen molar-refractivity contribution < 1.29 is 14.3 Å². The number of aryl methyl sites for hydroxylation is 1. The maximum absolute atomic E-state index is 12.6. The van der Waals surface area contributed by atoms with Gasteiger partial charge in [-0.05, 0) is 50.8 Å². The molecule has 124 valence electrons. The van der Waals surface area contributed by atoms with Crippen molar-refractivity contribution in [3.63, 3.8) is 0 Å². The summed E-state index contributed by atoms with van der Waals surface area (Å²) in [5.74, 6) is -1.17. The Labute approximate surface area is 137 Å². The van der Waals surface area contributed by atoms with Crippen molar-refractivity contribution in [2.24, 2.45) is 11.8 Å². The van der Waals surface area contributed by atoms with E-state index in [1.54, 1.807) is 0 Å². The Balaban J connectivity index is 2.07. The van der Waals surface area contributed by atoms with E-state index >= 15 is 0 Å². The van der Waals surface area contributed by atoms with Crippen molar-refractivity contribution in [3.05, 3.63) is 42.0 Å². The largest absolute Gasteiger partial charge is 0.462 e. The molecule has 1 N–H and O–H groups in total. The van der Waals surface area contributed by atoms with Crippen LogP contribution in [0.4, 0.5) is 5.69 Å². The van der Waals surface area contributed by atoms with Crippen molar-refractivity contribution in [1.82, 2.24) is 0 Å². The lowest BCUT2D eigenvalue weighted by atomic mass is 9.82. The normalized spacial score (nSPS) is 21.5. The Bertz CT molecular complexity index is 594. The predicted molar refractivity (Wildman–Crippen MR) is 91.0 cm³/mol. The molecule has 2 rings (SSSR count). The molecule has 4 heteroatoms. The van der Waals surface area contributed by atoms with E-state index in [0.717, 1.165) is 17.7 Å². The van der Waals surface area contributed by atoms with Crippen molar-refractivity contribution in [2.75, 3.05) is 5.32 Å². The smallest absolute Gasteiger partial charge is 0.310 e. The van der Waals surface area contributed by atoms with Gasteiger partial charge in [0.1, 0.15) is 0 Å². The van der Waals surface area contributed by atoms with Crippen LogP contribution < -0.4 is 5.32 Å². The highest BCUT2D eigenvalue weighted by Gasteiger charge is 2.35. The van der Waals surface area contributed by atoms with Crippen molar-refractivity contribution in [2.45, 2.75) is 46.1 Å². The number of benzene rings is 1. The zero-order valence-corrected chi connectivity index (χ0v) is 14.0. The highest BCUT2D eigenvalue weighted by Crippen LogP contribution is 2.28. The van der Waals surface area contributed by atoms with Gasteiger partial charge in [-0.25, -0.2) is 0 Å². The summed E-state index contributed by atoms with van der Waals surface area (Å²) in [4.78, 5) is 24.9. The second-order valence-electron chi connectivity index (χ2n) is 6.17. The number of esters is 1. The lowest BCUT2D eigenvalue weighted by molar-refractivity contribution is -0.157. The lowest BCUT2D eigenvalue weighted by Gasteiger charge is -2.27. The molecule has 0 aliphatic heterocycles. The molecular weight excluding hydrogens is 290 g/mol. The quantitative estimate of drug-likeness (QED) is 0.663. The van der Waals surface area contributed by atoms with Crippen LogP contribution in [0, 0.1) is 18.8 Å². The van der Waals surface area contributed by atoms with Crippen molar-refractivity contribution in [3.8, 4) is 0 Å². The van der Waals surface area contributed by atoms with E-state index < -0.39 is 5.92 Å². The first kappa shape index (κ1) is 17.3. The molecule has 1 aliphatic rings. The summed E-state index contributed by atoms with van der Waals surface area (Å²) in [5, 5.41) is 2.92. The molecule has 3 atom stereocenters. The van der Waals surface area contributed by atoms with Gasteiger partial charge in [0.25, 0.3) is 0 Å². The van der Waals surface area contributed by atoms with Gasteiger partial charge in [0.15, 0.2) is 0 Å². The molecule has 0 spiro atoms. The van der Waals surface area contributed by atoms with Gasteiger partial charge >= 0.3 is 5.97 Å². The van der Waals surface area contributed by atoms with Crippen LogP contribution in [0.15, 0.2) is 36.4 Å². The number of carbonyl (C=O) groups is 2. The molecule has 23 heavy (non-hydrogen) atoms. The number of anilines is 1. The third-order valence-electron chi connectivity index (χ3n) is 4.25. The minimum atomic E-state index is -0.404. The van der Waals surface area contributed by atoms with Gasteiger partial charge in [0, 0.05) is 5.69 Å². The van der Waals surface area contributed by atoms with E-state index in [2.05, 4.69) is 5.32 Å². The Morgan fingerprint density at radius 2 is 1.96 bits per heavy atom. The number of ether oxygens (including phenoxy) is 1. The number of amides is 1. The molecule has 0 saturated carbocycles. The van der Waals surface area contributed by atoms with Gasteiger partial charge in [-0.3, -0.25) is 9.59 Å². The standard InChI is InChI=1S/C19H25NO3/c1-4-14(3)23-19(22)17-11-6-5-10-16(17)18(21)20-15-9-7-8-13(2)12-15/h5-9,12,14,16-17H,4,10-11H2,1-3H3,(H,20,21)/t14-,16+,17-/m1/s1. The maximum Gasteiger partial charge on any atom is 0.310 e. The second-order valence-corrected chi connectivity index (χ2v) is 6.17. The summed E-state index contributed by atoms with van der Waals surface area (Å²) >= 11 is 0. The van der Waals surface area contributed by atoms with Crippen LogP contribution in [0.2, 0.25) is 0 Å². The fourth-order valence-electron chi connectivity index (χ4n) is 2.69. The Morgan fingerprint density at radius 1 is 1.26 bits per heavy atom. The average molecular weight is 315 g/mol. The third-order valence-corrected chi connectivity index (χ3v) is 4.25. The number of allylic oxidation sites excluding steroid dienone is 2. The first-order chi connectivity index (χ1) is 11.0. The molecule has 0 bridgehead atoms. The molecule has 1 aromatic rings. The van der Waals surface area contributed by atoms with Gasteiger partial charge in [0.2, 0.25) is 5.91 Å². The zero-order chi connectivity index (χ0) is 16.8. The molecule has 0 radical (unpaired) electrons. The van der Waals surface area contributed by atoms with E-state index in [1.165, 1.54) is 0 Å². The monoisotopic (exact) mass is 315 g/mol. The lowest BCUT2D eigenvalue weighted by Crippen LogP contribution is -2.36. The van der Waals surface area contributed by atoms with Crippen LogP contribution in [0.25, 0.3) is 0 Å². The summed E-state index contributed by atoms with van der Waals surface area (Å²) in [6, 6.07) is 7.66. The van der Waals surface area contributed by atoms with E-state index in [-0.39, 0.29) is 23.9 Å². The molecule has 1 amide bonds. The Kier molecular flexibility index (Phi) is 5.97. The number of hydrogen-bond acceptors (Lipinski definition) is 3. The minimum Gasteiger partial charge on any atom is -0.462 e. The second kappa shape index (κ2) is 7.95. The summed E-state index contributed by atoms with van der Waals surface area (Å²) < 4.78 is 5.44. The molecular formula is C19H25NO3. The summed E-state index contributed by atoms with van der Waals surface area (Å²) in [6.45, 7) is 5.82. The van der Waals surface area contributed by atoms with Crippen molar-refractivity contribution >= 4 is 17.6 Å². The van der Waals surface area contributed by atoms with Crippen LogP contribution in [-0.4, -0.2) is 18.0 Å². The topological polar surface area (TPSA) is 55.4 Å². The van der Waals surface area contributed by atoms with Gasteiger partial charge in [0.05, 0.1) is 17.9 Å². The SMILES string of the molecule is CC[C@@H](C)OC(=O)[C@@H]1CC=CC[C@@H]1C(=O)Nc1cccc(C)c1. The van der Waals surface area contributed by atoms with Gasteiger partial charge in [-0.15, -0.1) is 0 Å². The Morgan fingerprint density at radius 3 is 2.61 bits per heavy atom. The first-order valence-electron chi connectivity index (χ1n) is 8.24. The van der Waals surface area contributed by atoms with Crippen molar-refractivity contribution in [1.29, 1.82) is 0 Å². The van der Waals surface area contributed by atoms with Crippen LogP contribution in [0.1, 0.15) is 38.7 Å². The highest BCUT2D eigenvalue weighted by atomic mass is 16.5. The van der Waals surface area contributed by atoms with E-state index in [4.69, 9.17) is 4.74 Å². The molecule has 4 nitrogen and oxygen atoms in total. The first-order valence-corrected chi connectivity index (χ1v) is 8.24. The molecule has 0 saturated heterocycles. The van der Waals surface area contributed by atoms with E-state index in [1.807, 2.05) is 57.2 Å². The number of hydrogen-bond donors (Lipinski definition) is 1. The van der Waals surface area contributed by atoms with Gasteiger partial charge < -0.3 is 10.1 Å². The number of nitrogens with one attached hydrogen (secondary N) is 1. The fourth-order valence-corrected chi connectivity index (χ4v) is 2.69. The highest BCUT2D eigenvalue weighted by molar-refractivity contribution is 5.95. The van der Waals surface area contributed by atoms with Crippen LogP contribution in [0.5, 0.6) is 0 Å². The van der Waals surface area contributed by atoms with Gasteiger partial charge in [-0.2, -0.15) is 0 Å².